The van der Waals surface area contributed by atoms with Gasteiger partial charge in [0, 0.05) is 18.7 Å². The zero-order chi connectivity index (χ0) is 12.1. The van der Waals surface area contributed by atoms with Crippen LogP contribution in [0.1, 0.15) is 31.7 Å². The average molecular weight is 236 g/mol. The maximum Gasteiger partial charge on any atom is 0.134 e. The van der Waals surface area contributed by atoms with E-state index in [1.165, 1.54) is 19.2 Å². The Morgan fingerprint density at radius 1 is 1.47 bits per heavy atom. The molecular formula is C12H20N4O. The van der Waals surface area contributed by atoms with Gasteiger partial charge in [0.1, 0.15) is 18.0 Å². The number of anilines is 2. The Bertz CT molecular complexity index is 364. The minimum Gasteiger partial charge on any atom is -0.383 e. The molecule has 3 N–H and O–H groups in total. The average Bonchev–Trinajstić information content (AvgIpc) is 2.37. The monoisotopic (exact) mass is 236 g/mol. The van der Waals surface area contributed by atoms with Crippen molar-refractivity contribution in [1.29, 1.82) is 0 Å². The molecule has 0 saturated carbocycles. The molecular weight excluding hydrogens is 216 g/mol. The second-order valence-electron chi connectivity index (χ2n) is 4.31. The minimum absolute atomic E-state index is 0.296. The highest BCUT2D eigenvalue weighted by Crippen LogP contribution is 2.19. The van der Waals surface area contributed by atoms with Crippen LogP contribution in [0.5, 0.6) is 0 Å². The van der Waals surface area contributed by atoms with Crippen LogP contribution in [0, 0.1) is 0 Å². The predicted molar refractivity (Wildman–Crippen MR) is 67.9 cm³/mol. The molecule has 2 rings (SSSR count). The van der Waals surface area contributed by atoms with Gasteiger partial charge in [-0.15, -0.1) is 0 Å². The van der Waals surface area contributed by atoms with Crippen molar-refractivity contribution < 1.29 is 4.74 Å². The van der Waals surface area contributed by atoms with Gasteiger partial charge in [-0.1, -0.05) is 6.92 Å². The van der Waals surface area contributed by atoms with Crippen LogP contribution < -0.4 is 11.1 Å². The third-order valence-corrected chi connectivity index (χ3v) is 3.10. The number of hydrogen-bond acceptors (Lipinski definition) is 5. The molecule has 5 heteroatoms. The maximum atomic E-state index is 5.82. The second-order valence-corrected chi connectivity index (χ2v) is 4.31. The Morgan fingerprint density at radius 3 is 3.06 bits per heavy atom. The molecule has 0 aliphatic carbocycles. The van der Waals surface area contributed by atoms with Crippen molar-refractivity contribution in [3.8, 4) is 0 Å². The molecule has 1 aliphatic rings. The lowest BCUT2D eigenvalue weighted by atomic mass is 10.1. The van der Waals surface area contributed by atoms with Gasteiger partial charge in [0.2, 0.25) is 0 Å². The molecule has 1 aliphatic heterocycles. The van der Waals surface area contributed by atoms with E-state index in [-0.39, 0.29) is 0 Å². The highest BCUT2D eigenvalue weighted by atomic mass is 16.5. The van der Waals surface area contributed by atoms with E-state index in [4.69, 9.17) is 10.5 Å². The first-order chi connectivity index (χ1) is 8.31. The van der Waals surface area contributed by atoms with Gasteiger partial charge in [-0.05, 0) is 25.7 Å². The fourth-order valence-electron chi connectivity index (χ4n) is 2.11. The Labute approximate surface area is 102 Å². The van der Waals surface area contributed by atoms with E-state index in [2.05, 4.69) is 22.2 Å². The molecule has 0 spiro atoms. The van der Waals surface area contributed by atoms with Gasteiger partial charge in [-0.25, -0.2) is 9.97 Å². The van der Waals surface area contributed by atoms with E-state index in [1.54, 1.807) is 0 Å². The molecule has 1 saturated heterocycles. The zero-order valence-corrected chi connectivity index (χ0v) is 10.3. The topological polar surface area (TPSA) is 73.1 Å². The van der Waals surface area contributed by atoms with Crippen LogP contribution in [-0.4, -0.2) is 29.2 Å². The van der Waals surface area contributed by atoms with Gasteiger partial charge in [0.25, 0.3) is 0 Å². The van der Waals surface area contributed by atoms with Crippen molar-refractivity contribution in [2.24, 2.45) is 0 Å². The van der Waals surface area contributed by atoms with Gasteiger partial charge in [-0.3, -0.25) is 0 Å². The summed E-state index contributed by atoms with van der Waals surface area (Å²) in [7, 11) is 0. The standard InChI is InChI=1S/C12H20N4O/c1-2-10-11(13)15-8-16-12(10)14-7-9-5-3-4-6-17-9/h8-9H,2-7H2,1H3,(H3,13,14,15,16). The molecule has 0 radical (unpaired) electrons. The van der Waals surface area contributed by atoms with E-state index < -0.39 is 0 Å². The summed E-state index contributed by atoms with van der Waals surface area (Å²) in [6.45, 7) is 3.72. The number of rotatable bonds is 4. The van der Waals surface area contributed by atoms with Crippen molar-refractivity contribution >= 4 is 11.6 Å². The summed E-state index contributed by atoms with van der Waals surface area (Å²) in [6.07, 6.45) is 6.18. The summed E-state index contributed by atoms with van der Waals surface area (Å²) < 4.78 is 5.67. The molecule has 1 fully saturated rings. The molecule has 0 aromatic carbocycles. The summed E-state index contributed by atoms with van der Waals surface area (Å²) in [4.78, 5) is 8.24. The van der Waals surface area contributed by atoms with Crippen LogP contribution in [0.4, 0.5) is 11.6 Å². The molecule has 17 heavy (non-hydrogen) atoms. The lowest BCUT2D eigenvalue weighted by Gasteiger charge is -2.23. The lowest BCUT2D eigenvalue weighted by molar-refractivity contribution is 0.0247. The Morgan fingerprint density at radius 2 is 2.35 bits per heavy atom. The summed E-state index contributed by atoms with van der Waals surface area (Å²) in [5, 5.41) is 3.32. The Kier molecular flexibility index (Phi) is 4.14. The third-order valence-electron chi connectivity index (χ3n) is 3.10. The number of nitrogens with two attached hydrogens (primary N) is 1. The van der Waals surface area contributed by atoms with Crippen molar-refractivity contribution in [2.75, 3.05) is 24.2 Å². The summed E-state index contributed by atoms with van der Waals surface area (Å²) >= 11 is 0. The Balaban J connectivity index is 1.95. The van der Waals surface area contributed by atoms with Gasteiger partial charge < -0.3 is 15.8 Å². The normalized spacial score (nSPS) is 20.2. The first-order valence-electron chi connectivity index (χ1n) is 6.26. The van der Waals surface area contributed by atoms with Crippen LogP contribution in [0.3, 0.4) is 0 Å². The molecule has 1 atom stereocenters. The fourth-order valence-corrected chi connectivity index (χ4v) is 2.11. The van der Waals surface area contributed by atoms with E-state index in [0.717, 1.165) is 37.4 Å². The largest absolute Gasteiger partial charge is 0.383 e. The molecule has 1 aromatic rings. The van der Waals surface area contributed by atoms with Crippen molar-refractivity contribution in [3.63, 3.8) is 0 Å². The van der Waals surface area contributed by atoms with Crippen LogP contribution in [0.2, 0.25) is 0 Å². The van der Waals surface area contributed by atoms with E-state index in [1.807, 2.05) is 0 Å². The van der Waals surface area contributed by atoms with Crippen LogP contribution in [0.25, 0.3) is 0 Å². The molecule has 1 unspecified atom stereocenters. The lowest BCUT2D eigenvalue weighted by Crippen LogP contribution is -2.27. The van der Waals surface area contributed by atoms with Gasteiger partial charge in [0.05, 0.1) is 6.10 Å². The van der Waals surface area contributed by atoms with Crippen molar-refractivity contribution in [3.05, 3.63) is 11.9 Å². The van der Waals surface area contributed by atoms with Crippen molar-refractivity contribution in [1.82, 2.24) is 9.97 Å². The number of nitrogens with one attached hydrogen (secondary N) is 1. The molecule has 94 valence electrons. The van der Waals surface area contributed by atoms with Crippen molar-refractivity contribution in [2.45, 2.75) is 38.7 Å². The smallest absolute Gasteiger partial charge is 0.134 e. The van der Waals surface area contributed by atoms with Crippen LogP contribution >= 0.6 is 0 Å². The fraction of sp³-hybridized carbons (Fsp3) is 0.667. The quantitative estimate of drug-likeness (QED) is 0.830. The zero-order valence-electron chi connectivity index (χ0n) is 10.3. The molecule has 0 amide bonds. The molecule has 1 aromatic heterocycles. The van der Waals surface area contributed by atoms with Gasteiger partial charge in [0.15, 0.2) is 0 Å². The van der Waals surface area contributed by atoms with E-state index in [9.17, 15) is 0 Å². The van der Waals surface area contributed by atoms with Gasteiger partial charge in [-0.2, -0.15) is 0 Å². The maximum absolute atomic E-state index is 5.82. The van der Waals surface area contributed by atoms with Crippen LogP contribution in [0.15, 0.2) is 6.33 Å². The highest BCUT2D eigenvalue weighted by Gasteiger charge is 2.14. The second kappa shape index (κ2) is 5.82. The number of nitrogens with zero attached hydrogens (tertiary/aromatic N) is 2. The number of aromatic nitrogens is 2. The molecule has 0 bridgehead atoms. The predicted octanol–water partition coefficient (Wildman–Crippen LogP) is 1.60. The molecule has 2 heterocycles. The number of nitrogen functional groups attached to an aromatic ring is 1. The summed E-state index contributed by atoms with van der Waals surface area (Å²) in [5.41, 5.74) is 6.81. The number of hydrogen-bond donors (Lipinski definition) is 2. The van der Waals surface area contributed by atoms with E-state index in [0.29, 0.717) is 11.9 Å². The van der Waals surface area contributed by atoms with Gasteiger partial charge >= 0.3 is 0 Å². The number of ether oxygens (including phenoxy) is 1. The Hall–Kier alpha value is -1.36. The minimum atomic E-state index is 0.296. The third kappa shape index (κ3) is 3.06. The molecule has 5 nitrogen and oxygen atoms in total. The van der Waals surface area contributed by atoms with Crippen LogP contribution in [-0.2, 0) is 11.2 Å². The summed E-state index contributed by atoms with van der Waals surface area (Å²) in [5.74, 6) is 1.41. The first-order valence-corrected chi connectivity index (χ1v) is 6.26. The summed E-state index contributed by atoms with van der Waals surface area (Å²) in [6, 6.07) is 0. The SMILES string of the molecule is CCc1c(N)ncnc1NCC1CCCCO1. The first kappa shape index (κ1) is 12.1. The van der Waals surface area contributed by atoms with E-state index >= 15 is 0 Å². The highest BCUT2D eigenvalue weighted by molar-refractivity contribution is 5.54.